The van der Waals surface area contributed by atoms with Gasteiger partial charge in [-0.2, -0.15) is 0 Å². The van der Waals surface area contributed by atoms with E-state index in [0.29, 0.717) is 30.0 Å². The molecule has 4 rings (SSSR count). The molecule has 0 aliphatic carbocycles. The first kappa shape index (κ1) is 14.6. The van der Waals surface area contributed by atoms with E-state index in [4.69, 9.17) is 9.47 Å². The number of rotatable bonds is 4. The SMILES string of the molecule is COCCNc1cc(=O)n2c3c1nnn3C[C@H]1O[C@@H]2[C@H](O)[C@@H]1O. The number of fused-ring (bicyclic) bond motifs is 3. The fraction of sp³-hybridized carbons (Fsp3) is 0.615. The van der Waals surface area contributed by atoms with E-state index >= 15 is 0 Å². The summed E-state index contributed by atoms with van der Waals surface area (Å²) >= 11 is 0. The molecule has 0 spiro atoms. The van der Waals surface area contributed by atoms with Crippen LogP contribution in [0.15, 0.2) is 10.9 Å². The smallest absolute Gasteiger partial charge is 0.256 e. The van der Waals surface area contributed by atoms with Gasteiger partial charge in [-0.25, -0.2) is 4.68 Å². The number of aromatic nitrogens is 4. The average Bonchev–Trinajstić information content (AvgIpc) is 2.99. The van der Waals surface area contributed by atoms with E-state index in [2.05, 4.69) is 15.6 Å². The molecule has 4 heterocycles. The van der Waals surface area contributed by atoms with Crippen molar-refractivity contribution >= 4 is 16.9 Å². The van der Waals surface area contributed by atoms with Gasteiger partial charge in [0.05, 0.1) is 18.8 Å². The number of methoxy groups -OCH3 is 1. The largest absolute Gasteiger partial charge is 0.387 e. The van der Waals surface area contributed by atoms with Crippen molar-refractivity contribution in [1.29, 1.82) is 0 Å². The Morgan fingerprint density at radius 1 is 1.48 bits per heavy atom. The standard InChI is InChI=1S/C13H17N5O5/c1-22-3-2-14-6-4-8(19)18-12-9(6)15-16-17(12)5-7-10(20)11(21)13(18)23-7/h4,7,10-11,13-14,20-21H,2-3,5H2,1H3/t7-,10-,11-,13-/m1/s1. The Labute approximate surface area is 130 Å². The van der Waals surface area contributed by atoms with Crippen molar-refractivity contribution in [2.45, 2.75) is 31.1 Å². The molecule has 0 radical (unpaired) electrons. The first-order chi connectivity index (χ1) is 11.1. The summed E-state index contributed by atoms with van der Waals surface area (Å²) in [5.74, 6) is 0. The van der Waals surface area contributed by atoms with Crippen LogP contribution in [0.3, 0.4) is 0 Å². The molecule has 0 saturated carbocycles. The molecule has 1 fully saturated rings. The number of nitrogens with one attached hydrogen (secondary N) is 1. The Bertz CT molecular complexity index is 802. The summed E-state index contributed by atoms with van der Waals surface area (Å²) in [6.45, 7) is 1.22. The molecule has 124 valence electrons. The van der Waals surface area contributed by atoms with Gasteiger partial charge in [0.15, 0.2) is 17.4 Å². The highest BCUT2D eigenvalue weighted by Crippen LogP contribution is 2.35. The number of aliphatic hydroxyl groups is 2. The van der Waals surface area contributed by atoms with E-state index in [-0.39, 0.29) is 12.1 Å². The summed E-state index contributed by atoms with van der Waals surface area (Å²) in [5, 5.41) is 31.5. The van der Waals surface area contributed by atoms with Crippen molar-refractivity contribution in [3.05, 3.63) is 16.4 Å². The highest BCUT2D eigenvalue weighted by Gasteiger charge is 2.47. The number of hydrogen-bond acceptors (Lipinski definition) is 8. The molecular formula is C13H17N5O5. The van der Waals surface area contributed by atoms with Crippen LogP contribution < -0.4 is 10.9 Å². The molecular weight excluding hydrogens is 306 g/mol. The molecule has 1 saturated heterocycles. The van der Waals surface area contributed by atoms with Crippen LogP contribution in [0.1, 0.15) is 6.23 Å². The van der Waals surface area contributed by atoms with Crippen LogP contribution in [0, 0.1) is 0 Å². The quantitative estimate of drug-likeness (QED) is 0.568. The van der Waals surface area contributed by atoms with Crippen molar-refractivity contribution in [3.63, 3.8) is 0 Å². The number of anilines is 1. The predicted octanol–water partition coefficient (Wildman–Crippen LogP) is -1.72. The molecule has 10 heteroatoms. The summed E-state index contributed by atoms with van der Waals surface area (Å²) in [4.78, 5) is 12.5. The maximum Gasteiger partial charge on any atom is 0.256 e. The fourth-order valence-corrected chi connectivity index (χ4v) is 3.14. The van der Waals surface area contributed by atoms with Crippen LogP contribution in [-0.4, -0.2) is 68.3 Å². The molecule has 10 nitrogen and oxygen atoms in total. The van der Waals surface area contributed by atoms with Crippen molar-refractivity contribution in [3.8, 4) is 0 Å². The molecule has 0 aromatic carbocycles. The van der Waals surface area contributed by atoms with Crippen LogP contribution in [0.2, 0.25) is 0 Å². The zero-order chi connectivity index (χ0) is 16.1. The second-order valence-electron chi connectivity index (χ2n) is 5.68. The maximum absolute atomic E-state index is 12.5. The Hall–Kier alpha value is -2.01. The van der Waals surface area contributed by atoms with Crippen LogP contribution in [-0.2, 0) is 16.0 Å². The minimum Gasteiger partial charge on any atom is -0.387 e. The number of aliphatic hydroxyl groups excluding tert-OH is 2. The van der Waals surface area contributed by atoms with Crippen LogP contribution >= 0.6 is 0 Å². The number of ether oxygens (including phenoxy) is 2. The van der Waals surface area contributed by atoms with E-state index in [1.54, 1.807) is 7.11 Å². The van der Waals surface area contributed by atoms with Gasteiger partial charge in [0, 0.05) is 19.7 Å². The lowest BCUT2D eigenvalue weighted by molar-refractivity contribution is -0.0351. The van der Waals surface area contributed by atoms with E-state index in [1.165, 1.54) is 15.3 Å². The lowest BCUT2D eigenvalue weighted by Crippen LogP contribution is -2.38. The van der Waals surface area contributed by atoms with Gasteiger partial charge in [-0.3, -0.25) is 9.36 Å². The average molecular weight is 323 g/mol. The number of pyridine rings is 1. The summed E-state index contributed by atoms with van der Waals surface area (Å²) in [7, 11) is 1.59. The third-order valence-electron chi connectivity index (χ3n) is 4.26. The van der Waals surface area contributed by atoms with E-state index < -0.39 is 24.5 Å². The number of nitrogens with zero attached hydrogens (tertiary/aromatic N) is 4. The van der Waals surface area contributed by atoms with Crippen molar-refractivity contribution in [2.24, 2.45) is 0 Å². The van der Waals surface area contributed by atoms with Gasteiger partial charge in [0.25, 0.3) is 5.56 Å². The Balaban J connectivity index is 1.87. The first-order valence-electron chi connectivity index (χ1n) is 7.35. The summed E-state index contributed by atoms with van der Waals surface area (Å²) in [5.41, 5.74) is 1.17. The van der Waals surface area contributed by atoms with Crippen LogP contribution in [0.25, 0.3) is 11.2 Å². The topological polar surface area (TPSA) is 124 Å². The maximum atomic E-state index is 12.5. The van der Waals surface area contributed by atoms with E-state index in [9.17, 15) is 15.0 Å². The van der Waals surface area contributed by atoms with Gasteiger partial charge in [-0.1, -0.05) is 5.21 Å². The molecule has 2 aliphatic rings. The minimum absolute atomic E-state index is 0.214. The zero-order valence-electron chi connectivity index (χ0n) is 12.4. The highest BCUT2D eigenvalue weighted by atomic mass is 16.6. The van der Waals surface area contributed by atoms with Crippen molar-refractivity contribution in [2.75, 3.05) is 25.6 Å². The Morgan fingerprint density at radius 2 is 2.30 bits per heavy atom. The Morgan fingerprint density at radius 3 is 3.09 bits per heavy atom. The van der Waals surface area contributed by atoms with Crippen molar-refractivity contribution in [1.82, 2.24) is 19.6 Å². The summed E-state index contributed by atoms with van der Waals surface area (Å²) in [6.07, 6.45) is -3.82. The van der Waals surface area contributed by atoms with E-state index in [1.807, 2.05) is 0 Å². The molecule has 2 aliphatic heterocycles. The van der Waals surface area contributed by atoms with Gasteiger partial charge in [0.2, 0.25) is 0 Å². The molecule has 3 N–H and O–H groups in total. The van der Waals surface area contributed by atoms with E-state index in [0.717, 1.165) is 0 Å². The van der Waals surface area contributed by atoms with Gasteiger partial charge >= 0.3 is 0 Å². The zero-order valence-corrected chi connectivity index (χ0v) is 12.4. The van der Waals surface area contributed by atoms with Gasteiger partial charge < -0.3 is 25.0 Å². The monoisotopic (exact) mass is 323 g/mol. The van der Waals surface area contributed by atoms with Crippen molar-refractivity contribution < 1.29 is 19.7 Å². The van der Waals surface area contributed by atoms with Gasteiger partial charge in [-0.15, -0.1) is 5.10 Å². The van der Waals surface area contributed by atoms with Crippen LogP contribution in [0.4, 0.5) is 5.69 Å². The third-order valence-corrected chi connectivity index (χ3v) is 4.26. The molecule has 23 heavy (non-hydrogen) atoms. The third kappa shape index (κ3) is 2.06. The molecule has 4 atom stereocenters. The highest BCUT2D eigenvalue weighted by molar-refractivity contribution is 5.85. The molecule has 0 unspecified atom stereocenters. The van der Waals surface area contributed by atoms with Gasteiger partial charge in [-0.05, 0) is 0 Å². The molecule has 2 aromatic heterocycles. The normalized spacial score (nSPS) is 29.0. The lowest BCUT2D eigenvalue weighted by atomic mass is 10.1. The number of hydrogen-bond donors (Lipinski definition) is 3. The summed E-state index contributed by atoms with van der Waals surface area (Å²) < 4.78 is 13.4. The second kappa shape index (κ2) is 5.27. The molecule has 0 amide bonds. The lowest BCUT2D eigenvalue weighted by Gasteiger charge is -2.20. The van der Waals surface area contributed by atoms with Crippen LogP contribution in [0.5, 0.6) is 0 Å². The minimum atomic E-state index is -1.17. The Kier molecular flexibility index (Phi) is 3.34. The second-order valence-corrected chi connectivity index (χ2v) is 5.68. The molecule has 2 bridgehead atoms. The fourth-order valence-electron chi connectivity index (χ4n) is 3.14. The summed E-state index contributed by atoms with van der Waals surface area (Å²) in [6, 6.07) is 1.39. The predicted molar refractivity (Wildman–Crippen MR) is 78.1 cm³/mol. The first-order valence-corrected chi connectivity index (χ1v) is 7.35. The van der Waals surface area contributed by atoms with Gasteiger partial charge in [0.1, 0.15) is 18.3 Å². The molecule has 2 aromatic rings.